The first-order chi connectivity index (χ1) is 16.1. The summed E-state index contributed by atoms with van der Waals surface area (Å²) in [5.41, 5.74) is 1.77. The molecule has 2 aromatic rings. The van der Waals surface area contributed by atoms with Gasteiger partial charge in [-0.05, 0) is 42.4 Å². The van der Waals surface area contributed by atoms with Gasteiger partial charge in [-0.25, -0.2) is 4.99 Å². The van der Waals surface area contributed by atoms with Crippen LogP contribution in [0.1, 0.15) is 19.8 Å². The van der Waals surface area contributed by atoms with Crippen LogP contribution < -0.4 is 19.1 Å². The molecular weight excluding hydrogens is 458 g/mol. The zero-order chi connectivity index (χ0) is 22.9. The molecule has 0 aliphatic carbocycles. The molecule has 3 aliphatic heterocycles. The topological polar surface area (TPSA) is 63.6 Å². The van der Waals surface area contributed by atoms with Gasteiger partial charge in [-0.1, -0.05) is 25.1 Å². The Hall–Kier alpha value is -2.78. The molecule has 3 aliphatic rings. The van der Waals surface area contributed by atoms with Crippen molar-refractivity contribution in [2.75, 3.05) is 38.8 Å². The highest BCUT2D eigenvalue weighted by atomic mass is 32.2. The van der Waals surface area contributed by atoms with E-state index in [9.17, 15) is 4.79 Å². The van der Waals surface area contributed by atoms with E-state index in [4.69, 9.17) is 19.2 Å². The fourth-order valence-corrected chi connectivity index (χ4v) is 6.15. The second-order valence-corrected chi connectivity index (χ2v) is 9.77. The third-order valence-electron chi connectivity index (χ3n) is 5.58. The number of anilines is 1. The maximum atomic E-state index is 13.5. The van der Waals surface area contributed by atoms with Gasteiger partial charge >= 0.3 is 0 Å². The summed E-state index contributed by atoms with van der Waals surface area (Å²) in [4.78, 5) is 24.0. The van der Waals surface area contributed by atoms with Crippen molar-refractivity contribution in [3.8, 4) is 17.2 Å². The number of ether oxygens (including phenoxy) is 3. The summed E-state index contributed by atoms with van der Waals surface area (Å²) in [7, 11) is 3.65. The Balaban J connectivity index is 1.49. The molecule has 9 heteroatoms. The average molecular weight is 484 g/mol. The fraction of sp³-hybridized carbons (Fsp3) is 0.333. The molecule has 0 saturated carbocycles. The fourth-order valence-electron chi connectivity index (χ4n) is 3.80. The Morgan fingerprint density at radius 1 is 1.09 bits per heavy atom. The van der Waals surface area contributed by atoms with E-state index in [2.05, 4.69) is 11.8 Å². The van der Waals surface area contributed by atoms with E-state index in [0.29, 0.717) is 35.6 Å². The molecule has 172 valence electrons. The highest BCUT2D eigenvalue weighted by Gasteiger charge is 2.39. The molecule has 33 heavy (non-hydrogen) atoms. The third-order valence-corrected chi connectivity index (χ3v) is 8.01. The summed E-state index contributed by atoms with van der Waals surface area (Å²) >= 11 is 3.04. The number of fused-ring (bicyclic) bond motifs is 2. The first kappa shape index (κ1) is 22.0. The molecule has 1 amide bonds. The molecule has 0 bridgehead atoms. The maximum absolute atomic E-state index is 13.5. The van der Waals surface area contributed by atoms with Crippen molar-refractivity contribution in [1.82, 2.24) is 4.90 Å². The predicted molar refractivity (Wildman–Crippen MR) is 133 cm³/mol. The van der Waals surface area contributed by atoms with Gasteiger partial charge < -0.3 is 19.1 Å². The number of methoxy groups -OCH3 is 1. The van der Waals surface area contributed by atoms with Gasteiger partial charge in [0, 0.05) is 30.6 Å². The number of amides is 1. The summed E-state index contributed by atoms with van der Waals surface area (Å²) in [5.74, 6) is 2.21. The number of hydrogen-bond donors (Lipinski definition) is 0. The molecule has 0 spiro atoms. The summed E-state index contributed by atoms with van der Waals surface area (Å²) in [6.45, 7) is 3.83. The lowest BCUT2D eigenvalue weighted by atomic mass is 10.2. The number of amidine groups is 1. The number of benzene rings is 2. The van der Waals surface area contributed by atoms with Crippen molar-refractivity contribution >= 4 is 46.0 Å². The minimum absolute atomic E-state index is 0.00105. The number of rotatable bonds is 5. The van der Waals surface area contributed by atoms with Gasteiger partial charge in [0.2, 0.25) is 0 Å². The monoisotopic (exact) mass is 483 g/mol. The number of unbranched alkanes of at least 4 members (excludes halogenated alkanes) is 1. The van der Waals surface area contributed by atoms with E-state index >= 15 is 0 Å². The zero-order valence-electron chi connectivity index (χ0n) is 18.8. The van der Waals surface area contributed by atoms with Crippen molar-refractivity contribution in [3.63, 3.8) is 0 Å². The second kappa shape index (κ2) is 9.23. The molecule has 0 N–H and O–H groups in total. The first-order valence-corrected chi connectivity index (χ1v) is 12.5. The third kappa shape index (κ3) is 4.15. The lowest BCUT2D eigenvalue weighted by Crippen LogP contribution is -2.30. The van der Waals surface area contributed by atoms with E-state index in [1.807, 2.05) is 43.4 Å². The molecule has 5 rings (SSSR count). The van der Waals surface area contributed by atoms with Crippen molar-refractivity contribution in [1.29, 1.82) is 0 Å². The van der Waals surface area contributed by atoms with E-state index in [1.165, 1.54) is 11.8 Å². The van der Waals surface area contributed by atoms with E-state index in [1.54, 1.807) is 23.8 Å². The Labute approximate surface area is 201 Å². The lowest BCUT2D eigenvalue weighted by molar-refractivity contribution is -0.122. The summed E-state index contributed by atoms with van der Waals surface area (Å²) < 4.78 is 16.7. The average Bonchev–Trinajstić information content (AvgIpc) is 3.33. The molecule has 7 nitrogen and oxygen atoms in total. The molecule has 0 aromatic heterocycles. The molecule has 0 unspecified atom stereocenters. The molecule has 1 fully saturated rings. The first-order valence-electron chi connectivity index (χ1n) is 10.9. The minimum Gasteiger partial charge on any atom is -0.497 e. The van der Waals surface area contributed by atoms with Gasteiger partial charge in [0.15, 0.2) is 16.7 Å². The highest BCUT2D eigenvalue weighted by molar-refractivity contribution is 8.19. The van der Waals surface area contributed by atoms with Crippen LogP contribution in [0.15, 0.2) is 56.2 Å². The standard InChI is InChI=1S/C24H25N3O4S2/c1-4-5-10-27-22(28)21(23-26(2)17-14-16(29-3)7-9-20(17)32-23)33-24(27)25-15-6-8-18-19(13-15)31-12-11-30-18/h6-9,13-14H,4-5,10-12H2,1-3H3/b23-21-,25-24?. The largest absolute Gasteiger partial charge is 0.497 e. The van der Waals surface area contributed by atoms with Crippen LogP contribution in [0.3, 0.4) is 0 Å². The molecule has 3 heterocycles. The molecule has 0 atom stereocenters. The molecular formula is C24H25N3O4S2. The van der Waals surface area contributed by atoms with Crippen LogP contribution >= 0.6 is 23.5 Å². The normalized spacial score (nSPS) is 20.6. The summed E-state index contributed by atoms with van der Waals surface area (Å²) in [6, 6.07) is 11.6. The van der Waals surface area contributed by atoms with Crippen LogP contribution in [0.4, 0.5) is 11.4 Å². The van der Waals surface area contributed by atoms with Crippen molar-refractivity contribution in [2.45, 2.75) is 24.7 Å². The number of nitrogens with zero attached hydrogens (tertiary/aromatic N) is 3. The van der Waals surface area contributed by atoms with Gasteiger partial charge in [-0.2, -0.15) is 0 Å². The molecule has 1 saturated heterocycles. The number of carbonyl (C=O) groups is 1. The number of carbonyl (C=O) groups excluding carboxylic acids is 1. The lowest BCUT2D eigenvalue weighted by Gasteiger charge is -2.18. The van der Waals surface area contributed by atoms with Crippen molar-refractivity contribution in [2.24, 2.45) is 4.99 Å². The van der Waals surface area contributed by atoms with E-state index in [-0.39, 0.29) is 5.91 Å². The van der Waals surface area contributed by atoms with Gasteiger partial charge in [-0.3, -0.25) is 9.69 Å². The Kier molecular flexibility index (Phi) is 6.16. The summed E-state index contributed by atoms with van der Waals surface area (Å²) in [6.07, 6.45) is 1.91. The molecule has 0 radical (unpaired) electrons. The second-order valence-electron chi connectivity index (χ2n) is 7.76. The maximum Gasteiger partial charge on any atom is 0.269 e. The zero-order valence-corrected chi connectivity index (χ0v) is 20.4. The van der Waals surface area contributed by atoms with Crippen LogP contribution in [-0.4, -0.2) is 49.9 Å². The van der Waals surface area contributed by atoms with Crippen LogP contribution in [0.25, 0.3) is 0 Å². The van der Waals surface area contributed by atoms with Gasteiger partial charge in [-0.15, -0.1) is 0 Å². The molecule has 2 aromatic carbocycles. The highest BCUT2D eigenvalue weighted by Crippen LogP contribution is 2.51. The van der Waals surface area contributed by atoms with Gasteiger partial charge in [0.25, 0.3) is 5.91 Å². The van der Waals surface area contributed by atoms with Crippen LogP contribution in [0.2, 0.25) is 0 Å². The quantitative estimate of drug-likeness (QED) is 0.539. The van der Waals surface area contributed by atoms with E-state index < -0.39 is 0 Å². The van der Waals surface area contributed by atoms with Crippen LogP contribution in [0.5, 0.6) is 17.2 Å². The Morgan fingerprint density at radius 3 is 2.70 bits per heavy atom. The van der Waals surface area contributed by atoms with Gasteiger partial charge in [0.1, 0.15) is 23.9 Å². The Morgan fingerprint density at radius 2 is 1.91 bits per heavy atom. The van der Waals surface area contributed by atoms with Gasteiger partial charge in [0.05, 0.1) is 23.5 Å². The SMILES string of the molecule is CCCCN1C(=O)/C(=C2/Sc3ccc(OC)cc3N2C)SC1=Nc1ccc2c(c1)OCCO2. The Bertz CT molecular complexity index is 1160. The van der Waals surface area contributed by atoms with Crippen molar-refractivity contribution < 1.29 is 19.0 Å². The number of hydrogen-bond acceptors (Lipinski definition) is 8. The van der Waals surface area contributed by atoms with Crippen LogP contribution in [-0.2, 0) is 4.79 Å². The van der Waals surface area contributed by atoms with Crippen molar-refractivity contribution in [3.05, 3.63) is 46.3 Å². The van der Waals surface area contributed by atoms with Crippen LogP contribution in [0, 0.1) is 0 Å². The minimum atomic E-state index is -0.00105. The smallest absolute Gasteiger partial charge is 0.269 e. The van der Waals surface area contributed by atoms with E-state index in [0.717, 1.165) is 45.6 Å². The summed E-state index contributed by atoms with van der Waals surface area (Å²) in [5, 5.41) is 1.61. The number of thioether (sulfide) groups is 2. The predicted octanol–water partition coefficient (Wildman–Crippen LogP) is 5.24. The number of aliphatic imine (C=N–C) groups is 1.